The summed E-state index contributed by atoms with van der Waals surface area (Å²) >= 11 is 11.7. The highest BCUT2D eigenvalue weighted by molar-refractivity contribution is 6.30. The number of aromatic nitrogens is 1. The summed E-state index contributed by atoms with van der Waals surface area (Å²) in [5.41, 5.74) is 3.02. The number of hydrogen-bond acceptors (Lipinski definition) is 4. The van der Waals surface area contributed by atoms with Gasteiger partial charge in [-0.15, -0.1) is 0 Å². The second-order valence-electron chi connectivity index (χ2n) is 5.62. The molecule has 0 radical (unpaired) electrons. The van der Waals surface area contributed by atoms with Crippen molar-refractivity contribution in [3.63, 3.8) is 0 Å². The molecule has 0 fully saturated rings. The summed E-state index contributed by atoms with van der Waals surface area (Å²) in [6, 6.07) is 17.1. The lowest BCUT2D eigenvalue weighted by atomic mass is 10.2. The van der Waals surface area contributed by atoms with Gasteiger partial charge in [0.15, 0.2) is 11.5 Å². The average molecular weight is 389 g/mol. The first-order valence-corrected chi connectivity index (χ1v) is 8.79. The molecule has 6 heteroatoms. The van der Waals surface area contributed by atoms with E-state index in [1.807, 2.05) is 48.5 Å². The van der Waals surface area contributed by atoms with Gasteiger partial charge in [-0.3, -0.25) is 0 Å². The number of nitrogens with one attached hydrogen (secondary N) is 1. The maximum absolute atomic E-state index is 5.90. The minimum absolute atomic E-state index is 0.392. The zero-order valence-electron chi connectivity index (χ0n) is 14.2. The van der Waals surface area contributed by atoms with E-state index < -0.39 is 0 Å². The van der Waals surface area contributed by atoms with Crippen LogP contribution in [-0.2, 0) is 13.2 Å². The number of hydrogen-bond donors (Lipinski definition) is 1. The summed E-state index contributed by atoms with van der Waals surface area (Å²) < 4.78 is 11.3. The van der Waals surface area contributed by atoms with Gasteiger partial charge in [0, 0.05) is 29.0 Å². The van der Waals surface area contributed by atoms with Crippen LogP contribution in [0.25, 0.3) is 0 Å². The van der Waals surface area contributed by atoms with E-state index in [1.165, 1.54) is 0 Å². The van der Waals surface area contributed by atoms with Crippen molar-refractivity contribution in [2.75, 3.05) is 12.4 Å². The van der Waals surface area contributed by atoms with E-state index in [0.29, 0.717) is 29.8 Å². The Labute approximate surface area is 162 Å². The number of methoxy groups -OCH3 is 1. The third-order valence-corrected chi connectivity index (χ3v) is 4.23. The van der Waals surface area contributed by atoms with Gasteiger partial charge in [-0.2, -0.15) is 0 Å². The fourth-order valence-corrected chi connectivity index (χ4v) is 2.60. The smallest absolute Gasteiger partial charge is 0.161 e. The average Bonchev–Trinajstić information content (AvgIpc) is 2.67. The molecular weight excluding hydrogens is 371 g/mol. The van der Waals surface area contributed by atoms with Crippen LogP contribution in [0.2, 0.25) is 10.2 Å². The van der Waals surface area contributed by atoms with E-state index in [4.69, 9.17) is 32.7 Å². The number of halogens is 2. The van der Waals surface area contributed by atoms with E-state index >= 15 is 0 Å². The summed E-state index contributed by atoms with van der Waals surface area (Å²) in [6.45, 7) is 1.06. The fourth-order valence-electron chi connectivity index (χ4n) is 2.37. The molecule has 0 saturated heterocycles. The van der Waals surface area contributed by atoms with Crippen molar-refractivity contribution in [1.82, 2.24) is 4.98 Å². The summed E-state index contributed by atoms with van der Waals surface area (Å²) in [6.07, 6.45) is 1.69. The monoisotopic (exact) mass is 388 g/mol. The number of benzene rings is 2. The van der Waals surface area contributed by atoms with Crippen molar-refractivity contribution in [2.24, 2.45) is 0 Å². The van der Waals surface area contributed by atoms with Crippen molar-refractivity contribution in [1.29, 1.82) is 0 Å². The second kappa shape index (κ2) is 8.79. The molecule has 0 spiro atoms. The molecule has 0 unspecified atom stereocenters. The molecule has 134 valence electrons. The fraction of sp³-hybridized carbons (Fsp3) is 0.150. The number of ether oxygens (including phenoxy) is 2. The highest BCUT2D eigenvalue weighted by Crippen LogP contribution is 2.29. The van der Waals surface area contributed by atoms with Crippen molar-refractivity contribution >= 4 is 28.9 Å². The molecular formula is C20H18Cl2N2O2. The number of pyridine rings is 1. The molecule has 2 aromatic carbocycles. The van der Waals surface area contributed by atoms with E-state index in [9.17, 15) is 0 Å². The lowest BCUT2D eigenvalue weighted by Gasteiger charge is -2.13. The predicted molar refractivity (Wildman–Crippen MR) is 105 cm³/mol. The normalized spacial score (nSPS) is 10.4. The number of anilines is 1. The van der Waals surface area contributed by atoms with Crippen LogP contribution < -0.4 is 14.8 Å². The third-order valence-electron chi connectivity index (χ3n) is 3.75. The SMILES string of the molecule is COc1cc(CNc2ccc(Cl)cc2)ccc1OCc1ccc(Cl)nc1. The molecule has 3 aromatic rings. The second-order valence-corrected chi connectivity index (χ2v) is 6.45. The van der Waals surface area contributed by atoms with Crippen LogP contribution in [0.15, 0.2) is 60.8 Å². The molecule has 0 atom stereocenters. The van der Waals surface area contributed by atoms with Gasteiger partial charge >= 0.3 is 0 Å². The molecule has 0 aliphatic rings. The van der Waals surface area contributed by atoms with Gasteiger partial charge < -0.3 is 14.8 Å². The highest BCUT2D eigenvalue weighted by atomic mass is 35.5. The van der Waals surface area contributed by atoms with Crippen LogP contribution in [0.5, 0.6) is 11.5 Å². The zero-order chi connectivity index (χ0) is 18.4. The zero-order valence-corrected chi connectivity index (χ0v) is 15.7. The van der Waals surface area contributed by atoms with E-state index in [2.05, 4.69) is 10.3 Å². The maximum Gasteiger partial charge on any atom is 0.161 e. The topological polar surface area (TPSA) is 43.4 Å². The summed E-state index contributed by atoms with van der Waals surface area (Å²) in [5, 5.41) is 4.53. The molecule has 26 heavy (non-hydrogen) atoms. The Morgan fingerprint density at radius 3 is 2.38 bits per heavy atom. The Morgan fingerprint density at radius 1 is 0.923 bits per heavy atom. The first-order valence-electron chi connectivity index (χ1n) is 8.03. The molecule has 0 saturated carbocycles. The molecule has 0 aliphatic heterocycles. The minimum atomic E-state index is 0.392. The third kappa shape index (κ3) is 5.04. The van der Waals surface area contributed by atoms with Crippen molar-refractivity contribution in [3.8, 4) is 11.5 Å². The first-order chi connectivity index (χ1) is 12.6. The molecule has 1 heterocycles. The van der Waals surface area contributed by atoms with E-state index in [1.54, 1.807) is 19.4 Å². The molecule has 0 amide bonds. The summed E-state index contributed by atoms with van der Waals surface area (Å²) in [4.78, 5) is 4.04. The first kappa shape index (κ1) is 18.4. The Balaban J connectivity index is 1.63. The van der Waals surface area contributed by atoms with Gasteiger partial charge in [-0.05, 0) is 48.0 Å². The van der Waals surface area contributed by atoms with Crippen LogP contribution in [0.4, 0.5) is 5.69 Å². The quantitative estimate of drug-likeness (QED) is 0.535. The van der Waals surface area contributed by atoms with Gasteiger partial charge in [0.2, 0.25) is 0 Å². The summed E-state index contributed by atoms with van der Waals surface area (Å²) in [5.74, 6) is 1.36. The van der Waals surface area contributed by atoms with Crippen LogP contribution in [0, 0.1) is 0 Å². The Kier molecular flexibility index (Phi) is 6.21. The van der Waals surface area contributed by atoms with Gasteiger partial charge in [0.1, 0.15) is 11.8 Å². The van der Waals surface area contributed by atoms with Gasteiger partial charge in [0.05, 0.1) is 7.11 Å². The van der Waals surface area contributed by atoms with Gasteiger partial charge in [-0.25, -0.2) is 4.98 Å². The van der Waals surface area contributed by atoms with Crippen LogP contribution in [0.3, 0.4) is 0 Å². The van der Waals surface area contributed by atoms with E-state index in [0.717, 1.165) is 21.8 Å². The van der Waals surface area contributed by atoms with Crippen molar-refractivity contribution in [2.45, 2.75) is 13.2 Å². The molecule has 3 rings (SSSR count). The Morgan fingerprint density at radius 2 is 1.69 bits per heavy atom. The molecule has 1 N–H and O–H groups in total. The molecule has 1 aromatic heterocycles. The van der Waals surface area contributed by atoms with Gasteiger partial charge in [0.25, 0.3) is 0 Å². The number of nitrogens with zero attached hydrogens (tertiary/aromatic N) is 1. The molecule has 0 aliphatic carbocycles. The molecule has 0 bridgehead atoms. The van der Waals surface area contributed by atoms with Crippen LogP contribution in [-0.4, -0.2) is 12.1 Å². The van der Waals surface area contributed by atoms with Crippen molar-refractivity contribution < 1.29 is 9.47 Å². The predicted octanol–water partition coefficient (Wildman–Crippen LogP) is 5.59. The largest absolute Gasteiger partial charge is 0.493 e. The van der Waals surface area contributed by atoms with Crippen LogP contribution >= 0.6 is 23.2 Å². The Bertz CT molecular complexity index is 853. The lowest BCUT2D eigenvalue weighted by molar-refractivity contribution is 0.284. The van der Waals surface area contributed by atoms with Gasteiger partial charge in [-0.1, -0.05) is 35.3 Å². The van der Waals surface area contributed by atoms with E-state index in [-0.39, 0.29) is 0 Å². The van der Waals surface area contributed by atoms with Crippen LogP contribution in [0.1, 0.15) is 11.1 Å². The molecule has 4 nitrogen and oxygen atoms in total. The summed E-state index contributed by atoms with van der Waals surface area (Å²) in [7, 11) is 1.63. The maximum atomic E-state index is 5.90. The standard InChI is InChI=1S/C20H18Cl2N2O2/c1-25-19-10-14(11-23-17-6-4-16(21)5-7-17)2-8-18(19)26-13-15-3-9-20(22)24-12-15/h2-10,12,23H,11,13H2,1H3. The minimum Gasteiger partial charge on any atom is -0.493 e. The highest BCUT2D eigenvalue weighted by Gasteiger charge is 2.07. The van der Waals surface area contributed by atoms with Crippen molar-refractivity contribution in [3.05, 3.63) is 82.1 Å². The number of rotatable bonds is 7. The Hall–Kier alpha value is -2.43. The lowest BCUT2D eigenvalue weighted by Crippen LogP contribution is -2.02.